The maximum Gasteiger partial charge on any atom is 0.218 e. The van der Waals surface area contributed by atoms with E-state index >= 15 is 0 Å². The molecule has 1 nitrogen and oxygen atoms in total. The molecule has 0 N–H and O–H groups in total. The maximum atomic E-state index is 13.1. The molecule has 68 valence electrons. The van der Waals surface area contributed by atoms with Gasteiger partial charge in [-0.05, 0) is 12.1 Å². The van der Waals surface area contributed by atoms with E-state index in [0.717, 1.165) is 12.1 Å². The molecule has 0 fully saturated rings. The van der Waals surface area contributed by atoms with Gasteiger partial charge in [0.15, 0.2) is 0 Å². The monoisotopic (exact) mass is 201 g/mol. The van der Waals surface area contributed by atoms with Crippen LogP contribution in [-0.4, -0.2) is 6.54 Å². The number of halogens is 3. The van der Waals surface area contributed by atoms with Crippen molar-refractivity contribution in [2.45, 2.75) is 6.42 Å². The molecule has 0 saturated carbocycles. The largest absolute Gasteiger partial charge is 0.317 e. The summed E-state index contributed by atoms with van der Waals surface area (Å²) in [5.41, 5.74) is -0.108. The summed E-state index contributed by atoms with van der Waals surface area (Å²) < 4.78 is 26.1. The molecule has 0 amide bonds. The van der Waals surface area contributed by atoms with Gasteiger partial charge in [-0.3, -0.25) is 0 Å². The van der Waals surface area contributed by atoms with Gasteiger partial charge in [-0.1, -0.05) is 11.6 Å². The summed E-state index contributed by atoms with van der Waals surface area (Å²) in [7, 11) is 0. The first-order valence-electron chi connectivity index (χ1n) is 3.62. The Morgan fingerprint density at radius 2 is 2.08 bits per heavy atom. The van der Waals surface area contributed by atoms with Crippen molar-refractivity contribution in [3.63, 3.8) is 0 Å². The highest BCUT2D eigenvalue weighted by Crippen LogP contribution is 2.21. The van der Waals surface area contributed by atoms with Crippen LogP contribution in [0.15, 0.2) is 12.1 Å². The summed E-state index contributed by atoms with van der Waals surface area (Å²) in [5, 5.41) is -0.110. The number of hydrogen-bond acceptors (Lipinski definition) is 0. The highest BCUT2D eigenvalue weighted by Gasteiger charge is 2.12. The van der Waals surface area contributed by atoms with Crippen molar-refractivity contribution < 1.29 is 8.78 Å². The SMILES string of the molecule is [C-]#[N+]CCc1c(F)ccc(Cl)c1F. The second-order valence-electron chi connectivity index (χ2n) is 2.45. The van der Waals surface area contributed by atoms with Crippen LogP contribution in [-0.2, 0) is 6.42 Å². The van der Waals surface area contributed by atoms with Gasteiger partial charge in [0.1, 0.15) is 11.6 Å². The van der Waals surface area contributed by atoms with Crippen molar-refractivity contribution in [3.8, 4) is 0 Å². The molecule has 0 aliphatic heterocycles. The molecule has 0 aliphatic rings. The van der Waals surface area contributed by atoms with Crippen LogP contribution in [0.2, 0.25) is 5.02 Å². The number of benzene rings is 1. The zero-order valence-corrected chi connectivity index (χ0v) is 7.41. The lowest BCUT2D eigenvalue weighted by Gasteiger charge is -2.02. The maximum absolute atomic E-state index is 13.1. The lowest BCUT2D eigenvalue weighted by Crippen LogP contribution is -1.98. The van der Waals surface area contributed by atoms with Gasteiger partial charge >= 0.3 is 0 Å². The van der Waals surface area contributed by atoms with Crippen LogP contribution in [0.3, 0.4) is 0 Å². The lowest BCUT2D eigenvalue weighted by molar-refractivity contribution is 0.558. The molecule has 4 heteroatoms. The van der Waals surface area contributed by atoms with Crippen molar-refractivity contribution in [1.29, 1.82) is 0 Å². The molecule has 1 aromatic rings. The molecule has 0 atom stereocenters. The standard InChI is InChI=1S/C9H6ClF2N/c1-13-5-4-6-8(11)3-2-7(10)9(6)12/h2-3H,4-5H2. The zero-order valence-electron chi connectivity index (χ0n) is 6.65. The third-order valence-electron chi connectivity index (χ3n) is 1.61. The number of hydrogen-bond donors (Lipinski definition) is 0. The minimum absolute atomic E-state index is 0.0573. The van der Waals surface area contributed by atoms with Crippen LogP contribution in [0, 0.1) is 18.2 Å². The average Bonchev–Trinajstić information content (AvgIpc) is 2.12. The van der Waals surface area contributed by atoms with Crippen LogP contribution in [0.5, 0.6) is 0 Å². The first-order chi connectivity index (χ1) is 6.16. The molecule has 0 saturated heterocycles. The van der Waals surface area contributed by atoms with Crippen LogP contribution >= 0.6 is 11.6 Å². The summed E-state index contributed by atoms with van der Waals surface area (Å²) in [6.07, 6.45) is 0.0573. The van der Waals surface area contributed by atoms with Crippen LogP contribution in [0.4, 0.5) is 8.78 Å². The summed E-state index contributed by atoms with van der Waals surface area (Å²) in [6, 6.07) is 2.26. The van der Waals surface area contributed by atoms with Gasteiger partial charge in [-0.15, -0.1) is 0 Å². The zero-order chi connectivity index (χ0) is 9.84. The molecule has 0 radical (unpaired) electrons. The molecular formula is C9H6ClF2N. The van der Waals surface area contributed by atoms with Crippen molar-refractivity contribution in [2.24, 2.45) is 0 Å². The van der Waals surface area contributed by atoms with Gasteiger partial charge in [0.25, 0.3) is 0 Å². The number of nitrogens with zero attached hydrogens (tertiary/aromatic N) is 1. The molecule has 0 unspecified atom stereocenters. The van der Waals surface area contributed by atoms with Gasteiger partial charge in [0, 0.05) is 5.56 Å². The minimum Gasteiger partial charge on any atom is -0.317 e. The van der Waals surface area contributed by atoms with E-state index in [-0.39, 0.29) is 23.6 Å². The fraction of sp³-hybridized carbons (Fsp3) is 0.222. The van der Waals surface area contributed by atoms with Gasteiger partial charge in [-0.25, -0.2) is 15.4 Å². The lowest BCUT2D eigenvalue weighted by atomic mass is 10.1. The summed E-state index contributed by atoms with van der Waals surface area (Å²) in [5.74, 6) is -1.41. The predicted octanol–water partition coefficient (Wildman–Crippen LogP) is 3.08. The third kappa shape index (κ3) is 2.16. The Morgan fingerprint density at radius 3 is 2.69 bits per heavy atom. The van der Waals surface area contributed by atoms with E-state index in [1.54, 1.807) is 0 Å². The quantitative estimate of drug-likeness (QED) is 0.512. The van der Waals surface area contributed by atoms with Gasteiger partial charge in [-0.2, -0.15) is 0 Å². The normalized spacial score (nSPS) is 9.69. The van der Waals surface area contributed by atoms with Gasteiger partial charge in [0.05, 0.1) is 11.4 Å². The van der Waals surface area contributed by atoms with E-state index in [0.29, 0.717) is 0 Å². The van der Waals surface area contributed by atoms with E-state index in [4.69, 9.17) is 18.2 Å². The van der Waals surface area contributed by atoms with Crippen LogP contribution in [0.1, 0.15) is 5.56 Å². The molecule has 1 aromatic carbocycles. The van der Waals surface area contributed by atoms with E-state index in [1.807, 2.05) is 0 Å². The van der Waals surface area contributed by atoms with E-state index in [2.05, 4.69) is 4.85 Å². The van der Waals surface area contributed by atoms with Crippen LogP contribution in [0.25, 0.3) is 4.85 Å². The molecule has 0 aliphatic carbocycles. The average molecular weight is 202 g/mol. The number of rotatable bonds is 2. The fourth-order valence-electron chi connectivity index (χ4n) is 0.966. The fourth-order valence-corrected chi connectivity index (χ4v) is 1.14. The Labute approximate surface area is 79.8 Å². The Balaban J connectivity index is 3.04. The Morgan fingerprint density at radius 1 is 1.38 bits per heavy atom. The van der Waals surface area contributed by atoms with Gasteiger partial charge < -0.3 is 4.85 Å². The Kier molecular flexibility index (Phi) is 3.21. The molecule has 13 heavy (non-hydrogen) atoms. The topological polar surface area (TPSA) is 4.36 Å². The van der Waals surface area contributed by atoms with E-state index < -0.39 is 11.6 Å². The van der Waals surface area contributed by atoms with Crippen molar-refractivity contribution in [2.75, 3.05) is 6.54 Å². The first-order valence-corrected chi connectivity index (χ1v) is 4.00. The molecule has 0 aromatic heterocycles. The molecule has 0 spiro atoms. The molecule has 1 rings (SSSR count). The Hall–Kier alpha value is -1.14. The highest BCUT2D eigenvalue weighted by molar-refractivity contribution is 6.30. The second kappa shape index (κ2) is 4.20. The van der Waals surface area contributed by atoms with Crippen molar-refractivity contribution in [3.05, 3.63) is 45.8 Å². The van der Waals surface area contributed by atoms with Crippen LogP contribution < -0.4 is 0 Å². The molecule has 0 bridgehead atoms. The summed E-state index contributed by atoms with van der Waals surface area (Å²) >= 11 is 5.45. The van der Waals surface area contributed by atoms with Gasteiger partial charge in [0.2, 0.25) is 6.54 Å². The van der Waals surface area contributed by atoms with E-state index in [1.165, 1.54) is 0 Å². The summed E-state index contributed by atoms with van der Waals surface area (Å²) in [6.45, 7) is 6.56. The first kappa shape index (κ1) is 9.94. The molecular weight excluding hydrogens is 196 g/mol. The highest BCUT2D eigenvalue weighted by atomic mass is 35.5. The minimum atomic E-state index is -0.759. The van der Waals surface area contributed by atoms with Crippen molar-refractivity contribution >= 4 is 11.6 Å². The smallest absolute Gasteiger partial charge is 0.218 e. The predicted molar refractivity (Wildman–Crippen MR) is 46.5 cm³/mol. The summed E-state index contributed by atoms with van der Waals surface area (Å²) in [4.78, 5) is 3.02. The van der Waals surface area contributed by atoms with Crippen molar-refractivity contribution in [1.82, 2.24) is 0 Å². The molecule has 0 heterocycles. The Bertz CT molecular complexity index is 357. The second-order valence-corrected chi connectivity index (χ2v) is 2.86. The van der Waals surface area contributed by atoms with E-state index in [9.17, 15) is 8.78 Å². The third-order valence-corrected chi connectivity index (χ3v) is 1.90.